The van der Waals surface area contributed by atoms with Crippen LogP contribution in [-0.2, 0) is 23.8 Å². The van der Waals surface area contributed by atoms with Gasteiger partial charge in [-0.15, -0.1) is 0 Å². The third kappa shape index (κ3) is 14.5. The fourth-order valence-corrected chi connectivity index (χ4v) is 4.54. The second kappa shape index (κ2) is 22.8. The Morgan fingerprint density at radius 2 is 0.922 bits per heavy atom. The van der Waals surface area contributed by atoms with Gasteiger partial charge in [0, 0.05) is 12.2 Å². The van der Waals surface area contributed by atoms with Crippen LogP contribution in [0.3, 0.4) is 0 Å². The third-order valence-electron chi connectivity index (χ3n) is 7.27. The standard InChI is InChI=1S/C40H48O11/c1-3-5-21-46-33-13-7-31(8-14-33)11-19-37(41)50-35-17-18-36(40-39(35)48-29-27-44-25-23-43-24-26-45-28-30-49-40)51-38(42)20-12-32-9-15-34(16-10-32)47-22-6-4-2/h7-20H,3-6,21-30H2,1-2H3/b19-11+,20-12+. The molecule has 3 aromatic carbocycles. The number of fused-ring (bicyclic) bond motifs is 1. The quantitative estimate of drug-likeness (QED) is 0.0740. The van der Waals surface area contributed by atoms with Crippen molar-refractivity contribution in [2.75, 3.05) is 66.1 Å². The third-order valence-corrected chi connectivity index (χ3v) is 7.27. The summed E-state index contributed by atoms with van der Waals surface area (Å²) in [6, 6.07) is 17.8. The lowest BCUT2D eigenvalue weighted by molar-refractivity contribution is -0.130. The van der Waals surface area contributed by atoms with E-state index in [0.717, 1.165) is 48.3 Å². The van der Waals surface area contributed by atoms with E-state index in [-0.39, 0.29) is 49.4 Å². The Bertz CT molecular complexity index is 1420. The van der Waals surface area contributed by atoms with Crippen molar-refractivity contribution >= 4 is 24.1 Å². The van der Waals surface area contributed by atoms with Crippen LogP contribution in [0.2, 0.25) is 0 Å². The molecular formula is C40H48O11. The van der Waals surface area contributed by atoms with Crippen molar-refractivity contribution in [1.82, 2.24) is 0 Å². The monoisotopic (exact) mass is 704 g/mol. The second-order valence-electron chi connectivity index (χ2n) is 11.3. The average Bonchev–Trinajstić information content (AvgIpc) is 3.15. The molecule has 0 fully saturated rings. The van der Waals surface area contributed by atoms with Crippen LogP contribution in [0.4, 0.5) is 0 Å². The fraction of sp³-hybridized carbons (Fsp3) is 0.400. The van der Waals surface area contributed by atoms with Gasteiger partial charge in [-0.1, -0.05) is 51.0 Å². The number of unbranched alkanes of at least 4 members (excludes halogenated alkanes) is 2. The minimum Gasteiger partial charge on any atom is -0.494 e. The van der Waals surface area contributed by atoms with E-state index in [1.54, 1.807) is 12.2 Å². The van der Waals surface area contributed by atoms with Gasteiger partial charge in [0.05, 0.1) is 52.9 Å². The predicted octanol–water partition coefficient (Wildman–Crippen LogP) is 7.10. The van der Waals surface area contributed by atoms with Gasteiger partial charge in [0.2, 0.25) is 11.5 Å². The fourth-order valence-electron chi connectivity index (χ4n) is 4.54. The summed E-state index contributed by atoms with van der Waals surface area (Å²) in [6.45, 7) is 7.70. The zero-order valence-corrected chi connectivity index (χ0v) is 29.5. The van der Waals surface area contributed by atoms with E-state index in [1.807, 2.05) is 48.5 Å². The van der Waals surface area contributed by atoms with E-state index in [4.69, 9.17) is 42.6 Å². The molecule has 0 spiro atoms. The highest BCUT2D eigenvalue weighted by molar-refractivity contribution is 5.90. The molecule has 11 heteroatoms. The summed E-state index contributed by atoms with van der Waals surface area (Å²) in [6.07, 6.45) is 9.97. The molecule has 0 bridgehead atoms. The van der Waals surface area contributed by atoms with Gasteiger partial charge in [-0.25, -0.2) is 9.59 Å². The molecule has 0 saturated carbocycles. The Morgan fingerprint density at radius 3 is 1.29 bits per heavy atom. The molecule has 274 valence electrons. The van der Waals surface area contributed by atoms with E-state index < -0.39 is 11.9 Å². The molecule has 1 aliphatic heterocycles. The summed E-state index contributed by atoms with van der Waals surface area (Å²) in [7, 11) is 0. The van der Waals surface area contributed by atoms with Crippen molar-refractivity contribution in [3.05, 3.63) is 83.9 Å². The molecule has 0 amide bonds. The van der Waals surface area contributed by atoms with E-state index in [1.165, 1.54) is 24.3 Å². The van der Waals surface area contributed by atoms with Crippen LogP contribution in [0.25, 0.3) is 12.2 Å². The van der Waals surface area contributed by atoms with Crippen LogP contribution in [0, 0.1) is 0 Å². The van der Waals surface area contributed by atoms with Crippen LogP contribution in [0.5, 0.6) is 34.5 Å². The number of hydrogen-bond acceptors (Lipinski definition) is 11. The van der Waals surface area contributed by atoms with Gasteiger partial charge in [0.15, 0.2) is 11.5 Å². The van der Waals surface area contributed by atoms with Crippen LogP contribution in [0.1, 0.15) is 50.7 Å². The number of carbonyl (C=O) groups is 2. The smallest absolute Gasteiger partial charge is 0.336 e. The highest BCUT2D eigenvalue weighted by atomic mass is 16.6. The zero-order chi connectivity index (χ0) is 35.9. The topological polar surface area (TPSA) is 117 Å². The minimum absolute atomic E-state index is 0.0736. The van der Waals surface area contributed by atoms with Crippen molar-refractivity contribution in [1.29, 1.82) is 0 Å². The van der Waals surface area contributed by atoms with Crippen LogP contribution < -0.4 is 28.4 Å². The highest BCUT2D eigenvalue weighted by Crippen LogP contribution is 2.45. The first kappa shape index (κ1) is 39.0. The van der Waals surface area contributed by atoms with Gasteiger partial charge in [0.1, 0.15) is 24.7 Å². The Labute approximate surface area is 300 Å². The first-order chi connectivity index (χ1) is 25.1. The number of hydrogen-bond donors (Lipinski definition) is 0. The molecule has 0 aromatic heterocycles. The summed E-state index contributed by atoms with van der Waals surface area (Å²) in [4.78, 5) is 26.0. The molecule has 1 heterocycles. The van der Waals surface area contributed by atoms with E-state index >= 15 is 0 Å². The van der Waals surface area contributed by atoms with Gasteiger partial charge in [-0.2, -0.15) is 0 Å². The Balaban J connectivity index is 1.50. The van der Waals surface area contributed by atoms with Gasteiger partial charge < -0.3 is 42.6 Å². The molecular weight excluding hydrogens is 656 g/mol. The van der Waals surface area contributed by atoms with Crippen molar-refractivity contribution in [3.63, 3.8) is 0 Å². The van der Waals surface area contributed by atoms with Crippen molar-refractivity contribution < 1.29 is 52.2 Å². The van der Waals surface area contributed by atoms with Gasteiger partial charge >= 0.3 is 11.9 Å². The van der Waals surface area contributed by atoms with Gasteiger partial charge in [0.25, 0.3) is 0 Å². The van der Waals surface area contributed by atoms with Crippen molar-refractivity contribution in [2.45, 2.75) is 39.5 Å². The number of carbonyl (C=O) groups excluding carboxylic acids is 2. The van der Waals surface area contributed by atoms with Gasteiger partial charge in [-0.05, 0) is 72.5 Å². The first-order valence-electron chi connectivity index (χ1n) is 17.5. The Hall–Kier alpha value is -4.84. The van der Waals surface area contributed by atoms with Crippen LogP contribution in [-0.4, -0.2) is 78.0 Å². The number of rotatable bonds is 14. The average molecular weight is 705 g/mol. The predicted molar refractivity (Wildman–Crippen MR) is 193 cm³/mol. The zero-order valence-electron chi connectivity index (χ0n) is 29.5. The summed E-state index contributed by atoms with van der Waals surface area (Å²) in [5, 5.41) is 0. The Morgan fingerprint density at radius 1 is 0.549 bits per heavy atom. The molecule has 0 saturated heterocycles. The first-order valence-corrected chi connectivity index (χ1v) is 17.5. The molecule has 0 N–H and O–H groups in total. The molecule has 0 radical (unpaired) electrons. The molecule has 51 heavy (non-hydrogen) atoms. The van der Waals surface area contributed by atoms with Gasteiger partial charge in [-0.3, -0.25) is 0 Å². The molecule has 3 aromatic rings. The van der Waals surface area contributed by atoms with E-state index in [9.17, 15) is 9.59 Å². The summed E-state index contributed by atoms with van der Waals surface area (Å²) in [5.74, 6) is 0.533. The largest absolute Gasteiger partial charge is 0.494 e. The Kier molecular flexibility index (Phi) is 17.4. The molecule has 0 atom stereocenters. The molecule has 0 aliphatic carbocycles. The summed E-state index contributed by atoms with van der Waals surface area (Å²) >= 11 is 0. The van der Waals surface area contributed by atoms with Crippen LogP contribution >= 0.6 is 0 Å². The number of ether oxygens (including phenoxy) is 9. The summed E-state index contributed by atoms with van der Waals surface area (Å²) < 4.78 is 51.6. The maximum Gasteiger partial charge on any atom is 0.336 e. The van der Waals surface area contributed by atoms with Crippen molar-refractivity contribution in [2.24, 2.45) is 0 Å². The van der Waals surface area contributed by atoms with E-state index in [2.05, 4.69) is 13.8 Å². The number of esters is 2. The molecule has 1 aliphatic rings. The highest BCUT2D eigenvalue weighted by Gasteiger charge is 2.22. The second-order valence-corrected chi connectivity index (χ2v) is 11.3. The van der Waals surface area contributed by atoms with Crippen molar-refractivity contribution in [3.8, 4) is 34.5 Å². The number of benzene rings is 3. The minimum atomic E-state index is -0.647. The lowest BCUT2D eigenvalue weighted by Gasteiger charge is -2.18. The normalized spacial score (nSPS) is 14.4. The lowest BCUT2D eigenvalue weighted by Crippen LogP contribution is -2.14. The molecule has 4 rings (SSSR count). The summed E-state index contributed by atoms with van der Waals surface area (Å²) in [5.41, 5.74) is 1.58. The lowest BCUT2D eigenvalue weighted by atomic mass is 10.2. The van der Waals surface area contributed by atoms with Crippen LogP contribution in [0.15, 0.2) is 72.8 Å². The maximum absolute atomic E-state index is 13.0. The van der Waals surface area contributed by atoms with E-state index in [0.29, 0.717) is 39.6 Å². The molecule has 0 unspecified atom stereocenters. The SMILES string of the molecule is CCCCOc1ccc(/C=C/C(=O)Oc2ccc(OC(=O)/C=C/c3ccc(OCCCC)cc3)c3c2OCCOCCOCCOCCO3)cc1. The molecule has 11 nitrogen and oxygen atoms in total. The maximum atomic E-state index is 13.0.